The molecule has 1 unspecified atom stereocenters. The maximum atomic E-state index is 15.1. The Balaban J connectivity index is 1.79. The van der Waals surface area contributed by atoms with Crippen LogP contribution in [-0.2, 0) is 66.1 Å². The number of aromatic amines is 1. The number of rotatable bonds is 14. The molecule has 4 heterocycles. The van der Waals surface area contributed by atoms with Gasteiger partial charge in [0.25, 0.3) is 0 Å². The third-order valence-electron chi connectivity index (χ3n) is 13.0. The predicted octanol–water partition coefficient (Wildman–Crippen LogP) is -4.65. The van der Waals surface area contributed by atoms with Crippen LogP contribution in [0.15, 0.2) is 17.2 Å². The molecule has 27 heteroatoms. The number of amides is 9. The van der Waals surface area contributed by atoms with E-state index in [0.29, 0.717) is 46.7 Å². The van der Waals surface area contributed by atoms with E-state index in [9.17, 15) is 58.5 Å². The van der Waals surface area contributed by atoms with Gasteiger partial charge in [-0.3, -0.25) is 47.4 Å². The molecule has 3 aliphatic rings. The number of benzene rings is 1. The number of thioether (sulfide) groups is 1. The maximum absolute atomic E-state index is 15.1. The van der Waals surface area contributed by atoms with Crippen molar-refractivity contribution in [2.75, 3.05) is 51.4 Å². The van der Waals surface area contributed by atoms with Crippen molar-refractivity contribution in [3.05, 3.63) is 23.3 Å². The van der Waals surface area contributed by atoms with Gasteiger partial charge in [0.2, 0.25) is 53.2 Å². The normalized spacial score (nSPS) is 26.6. The van der Waals surface area contributed by atoms with Gasteiger partial charge in [0, 0.05) is 42.0 Å². The van der Waals surface area contributed by atoms with E-state index in [0.717, 1.165) is 17.7 Å². The fraction of sp³-hybridized carbons (Fsp3) is 0.622. The number of carbonyl (C=O) groups excluding carboxylic acids is 9. The molecule has 25 nitrogen and oxygen atoms in total. The van der Waals surface area contributed by atoms with Gasteiger partial charge in [-0.05, 0) is 48.8 Å². The van der Waals surface area contributed by atoms with Crippen LogP contribution in [0.25, 0.3) is 10.9 Å². The van der Waals surface area contributed by atoms with Crippen molar-refractivity contribution < 1.29 is 67.4 Å². The monoisotopic (exact) mass is 1050 g/mol. The number of aliphatic hydroxyl groups is 3. The van der Waals surface area contributed by atoms with Crippen LogP contribution in [-0.4, -0.2) is 182 Å². The van der Waals surface area contributed by atoms with E-state index in [1.54, 1.807) is 37.7 Å². The summed E-state index contributed by atoms with van der Waals surface area (Å²) in [4.78, 5) is 130. The van der Waals surface area contributed by atoms with Gasteiger partial charge < -0.3 is 78.6 Å². The summed E-state index contributed by atoms with van der Waals surface area (Å²) in [6.07, 6.45) is -2.80. The zero-order valence-corrected chi connectivity index (χ0v) is 42.2. The molecule has 1 saturated heterocycles. The number of unbranched alkanes of at least 4 members (excludes halogenated alkanes) is 1. The van der Waals surface area contributed by atoms with Crippen molar-refractivity contribution in [3.8, 4) is 5.75 Å². The number of nitrogens with zero attached hydrogens (tertiary/aromatic N) is 1. The van der Waals surface area contributed by atoms with Gasteiger partial charge in [0.15, 0.2) is 0 Å². The van der Waals surface area contributed by atoms with Crippen molar-refractivity contribution in [3.63, 3.8) is 0 Å². The summed E-state index contributed by atoms with van der Waals surface area (Å²) in [7, 11) is -0.925. The maximum Gasteiger partial charge on any atom is 0.246 e. The highest BCUT2D eigenvalue weighted by molar-refractivity contribution is 7.98. The molecule has 2 aromatic rings. The number of nitrogens with one attached hydrogen (secondary N) is 8. The number of carbonyl (C=O) groups is 9. The van der Waals surface area contributed by atoms with Gasteiger partial charge >= 0.3 is 0 Å². The number of ether oxygens (including phenoxy) is 1. The highest BCUT2D eigenvalue weighted by Crippen LogP contribution is 2.36. The minimum atomic E-state index is -2.38. The highest BCUT2D eigenvalue weighted by atomic mass is 32.2. The number of primary amides is 1. The summed E-state index contributed by atoms with van der Waals surface area (Å²) in [6.45, 7) is 2.33. The first-order valence-electron chi connectivity index (χ1n) is 23.7. The molecule has 1 fully saturated rings. The zero-order valence-electron chi connectivity index (χ0n) is 40.6. The van der Waals surface area contributed by atoms with Crippen LogP contribution in [0, 0.1) is 11.8 Å². The Hall–Kier alpha value is -5.87. The first-order chi connectivity index (χ1) is 34.2. The first kappa shape index (κ1) is 57.0. The number of aromatic nitrogens is 1. The fourth-order valence-corrected chi connectivity index (χ4v) is 11.1. The molecule has 15 N–H and O–H groups in total. The number of methoxy groups -OCH3 is 1. The van der Waals surface area contributed by atoms with Gasteiger partial charge in [0.05, 0.1) is 67.5 Å². The molecule has 9 amide bonds. The number of H-pyrrole nitrogens is 1. The van der Waals surface area contributed by atoms with Crippen LogP contribution < -0.4 is 53.4 Å². The molecule has 11 atom stereocenters. The first-order valence-corrected chi connectivity index (χ1v) is 26.2. The van der Waals surface area contributed by atoms with E-state index in [4.69, 9.17) is 16.2 Å². The molecular weight excluding hydrogens is 983 g/mol. The molecule has 0 spiro atoms. The van der Waals surface area contributed by atoms with Gasteiger partial charge in [-0.1, -0.05) is 27.2 Å². The third kappa shape index (κ3) is 14.2. The van der Waals surface area contributed by atoms with Crippen LogP contribution >= 0.6 is 11.8 Å². The molecule has 2 bridgehead atoms. The highest BCUT2D eigenvalue weighted by Gasteiger charge is 2.45. The van der Waals surface area contributed by atoms with Gasteiger partial charge in [-0.15, -0.1) is 0 Å². The number of nitrogens with two attached hydrogens (primary N) is 2. The second-order valence-corrected chi connectivity index (χ2v) is 20.7. The average Bonchev–Trinajstić information content (AvgIpc) is 3.93. The molecular formula is C45H67N11O14S2. The Morgan fingerprint density at radius 1 is 0.903 bits per heavy atom. The van der Waals surface area contributed by atoms with Crippen LogP contribution in [0.3, 0.4) is 0 Å². The largest absolute Gasteiger partial charge is 0.496 e. The summed E-state index contributed by atoms with van der Waals surface area (Å²) >= 11 is 1.55. The number of fused-ring (bicyclic) bond motifs is 5. The van der Waals surface area contributed by atoms with Crippen LogP contribution in [0.5, 0.6) is 5.75 Å². The van der Waals surface area contributed by atoms with Crippen molar-refractivity contribution >= 4 is 86.6 Å². The fourth-order valence-electron chi connectivity index (χ4n) is 8.67. The lowest BCUT2D eigenvalue weighted by molar-refractivity contribution is -0.144. The van der Waals surface area contributed by atoms with Gasteiger partial charge in [0.1, 0.15) is 47.0 Å². The van der Waals surface area contributed by atoms with E-state index >= 15 is 4.21 Å². The van der Waals surface area contributed by atoms with Crippen LogP contribution in [0.1, 0.15) is 64.0 Å². The quantitative estimate of drug-likeness (QED) is 0.0792. The van der Waals surface area contributed by atoms with Crippen LogP contribution in [0.4, 0.5) is 0 Å². The second kappa shape index (κ2) is 26.2. The van der Waals surface area contributed by atoms with Gasteiger partial charge in [-0.25, -0.2) is 0 Å². The Morgan fingerprint density at radius 3 is 2.25 bits per heavy atom. The zero-order chi connectivity index (χ0) is 53.0. The molecule has 0 aliphatic carbocycles. The van der Waals surface area contributed by atoms with E-state index in [1.165, 1.54) is 14.0 Å². The summed E-state index contributed by atoms with van der Waals surface area (Å²) in [5.74, 6) is -10.2. The minimum Gasteiger partial charge on any atom is -0.496 e. The Labute approximate surface area is 422 Å². The Bertz CT molecular complexity index is 2390. The van der Waals surface area contributed by atoms with E-state index < -0.39 is 176 Å². The number of hydrogen-bond acceptors (Lipinski definition) is 16. The molecule has 1 aromatic heterocycles. The lowest BCUT2D eigenvalue weighted by Crippen LogP contribution is -2.62. The van der Waals surface area contributed by atoms with E-state index in [2.05, 4.69) is 42.2 Å². The van der Waals surface area contributed by atoms with E-state index in [1.807, 2.05) is 0 Å². The lowest BCUT2D eigenvalue weighted by atomic mass is 9.93. The molecule has 398 valence electrons. The number of aliphatic hydroxyl groups excluding tert-OH is 3. The molecule has 72 heavy (non-hydrogen) atoms. The minimum absolute atomic E-state index is 0.0935. The lowest BCUT2D eigenvalue weighted by Gasteiger charge is -2.32. The van der Waals surface area contributed by atoms with Crippen molar-refractivity contribution in [1.29, 1.82) is 0 Å². The van der Waals surface area contributed by atoms with Crippen molar-refractivity contribution in [2.24, 2.45) is 23.3 Å². The Morgan fingerprint density at radius 2 is 1.60 bits per heavy atom. The second-order valence-electron chi connectivity index (χ2n) is 18.1. The topological polar surface area (TPSA) is 396 Å². The van der Waals surface area contributed by atoms with Crippen molar-refractivity contribution in [2.45, 2.75) is 119 Å². The summed E-state index contributed by atoms with van der Waals surface area (Å²) in [5, 5.41) is 49.4. The molecule has 3 aliphatic heterocycles. The Kier molecular flexibility index (Phi) is 20.7. The van der Waals surface area contributed by atoms with Crippen LogP contribution in [0.2, 0.25) is 0 Å². The molecule has 0 saturated carbocycles. The summed E-state index contributed by atoms with van der Waals surface area (Å²) in [6, 6.07) is -6.66. The summed E-state index contributed by atoms with van der Waals surface area (Å²) < 4.78 is 20.8. The molecule has 5 rings (SSSR count). The molecule has 1 aromatic carbocycles. The van der Waals surface area contributed by atoms with Gasteiger partial charge in [-0.2, -0.15) is 11.8 Å². The standard InChI is InChI=1S/C45H67N11O14S2/c1-5-21(2)36-42(66)49-15-34(61)50-29-20-72(69)44-25(24-8-9-32(70-4)26(38(24)55-44)19-71-11-7-6-10-46)13-27(39(63)48-16-35(62)53-36)51-43(67)37(22(3)31(59)18-57)54-41(65)30-12-23(58)17-56(30)45(68)28(14-33(47)60)52-40(29)64/h8-9,21-23,27-31,36-37,55,57-59H,5-7,10-20,46H2,1-4H3,(H2,47,60)(H,48,63)(H,49,66)(H,50,61)(H,51,67)(H,52,64)(H,53,62)(H,54,65)/t21-,22-,23+,27-,28-,29-,30-,31+,36-,37-,72?/m0/s1. The average molecular weight is 1050 g/mol. The number of hydrogen-bond donors (Lipinski definition) is 13. The third-order valence-corrected chi connectivity index (χ3v) is 15.5. The molecule has 0 radical (unpaired) electrons. The van der Waals surface area contributed by atoms with E-state index in [-0.39, 0.29) is 10.6 Å². The SMILES string of the molecule is CC[C@H](C)[C@@H]1NC(=O)CNC(=O)[C@@H]2Cc3c([nH]c4c(CSCCCCN)c(OC)ccc34)S(=O)C[C@H](NC(=O)CNC1=O)C(=O)N[C@@H](CC(N)=O)C(=O)N1C[C@H](O)C[C@H]1C(=O)N[C@@H]([C@@H](C)[C@H](O)CO)C(=O)N2. The summed E-state index contributed by atoms with van der Waals surface area (Å²) in [5.41, 5.74) is 12.4. The smallest absolute Gasteiger partial charge is 0.246 e. The predicted molar refractivity (Wildman–Crippen MR) is 262 cm³/mol. The van der Waals surface area contributed by atoms with Crippen molar-refractivity contribution in [1.82, 2.24) is 47.1 Å².